The van der Waals surface area contributed by atoms with E-state index in [0.29, 0.717) is 33.5 Å². The third-order valence-corrected chi connectivity index (χ3v) is 5.34. The molecule has 0 unspecified atom stereocenters. The van der Waals surface area contributed by atoms with Gasteiger partial charge in [0.05, 0.1) is 33.6 Å². The van der Waals surface area contributed by atoms with Crippen LogP contribution in [0.4, 0.5) is 5.69 Å². The summed E-state index contributed by atoms with van der Waals surface area (Å²) in [4.78, 5) is 31.8. The van der Waals surface area contributed by atoms with Crippen molar-refractivity contribution in [1.82, 2.24) is 14.8 Å². The van der Waals surface area contributed by atoms with E-state index in [-0.39, 0.29) is 11.8 Å². The van der Waals surface area contributed by atoms with Crippen LogP contribution < -0.4 is 4.90 Å². The van der Waals surface area contributed by atoms with E-state index in [0.717, 1.165) is 10.2 Å². The maximum absolute atomic E-state index is 13.2. The minimum atomic E-state index is -0.372. The second-order valence-corrected chi connectivity index (χ2v) is 7.42. The van der Waals surface area contributed by atoms with Crippen LogP contribution in [0.25, 0.3) is 16.7 Å². The van der Waals surface area contributed by atoms with Crippen molar-refractivity contribution >= 4 is 44.5 Å². The number of halogens is 1. The predicted octanol–water partition coefficient (Wildman–Crippen LogP) is 4.29. The molecule has 6 nitrogen and oxygen atoms in total. The highest BCUT2D eigenvalue weighted by atomic mass is 79.9. The van der Waals surface area contributed by atoms with Gasteiger partial charge in [-0.1, -0.05) is 34.1 Å². The van der Waals surface area contributed by atoms with E-state index in [9.17, 15) is 9.59 Å². The van der Waals surface area contributed by atoms with Crippen LogP contribution in [-0.4, -0.2) is 26.6 Å². The number of para-hydroxylation sites is 1. The fourth-order valence-corrected chi connectivity index (χ4v) is 3.80. The zero-order valence-corrected chi connectivity index (χ0v) is 16.3. The van der Waals surface area contributed by atoms with Crippen molar-refractivity contribution in [3.63, 3.8) is 0 Å². The Balaban J connectivity index is 1.72. The van der Waals surface area contributed by atoms with Gasteiger partial charge in [-0.15, -0.1) is 0 Å². The largest absolute Gasteiger partial charge is 0.268 e. The summed E-state index contributed by atoms with van der Waals surface area (Å²) in [6.45, 7) is 1.82. The number of rotatable bonds is 2. The number of fused-ring (bicyclic) bond motifs is 3. The smallest absolute Gasteiger partial charge is 0.267 e. The van der Waals surface area contributed by atoms with Gasteiger partial charge in [0.15, 0.2) is 5.65 Å². The van der Waals surface area contributed by atoms with Crippen molar-refractivity contribution in [2.45, 2.75) is 6.92 Å². The van der Waals surface area contributed by atoms with E-state index < -0.39 is 0 Å². The van der Waals surface area contributed by atoms with Gasteiger partial charge in [0.1, 0.15) is 0 Å². The molecule has 0 N–H and O–H groups in total. The number of aromatic nitrogens is 3. The molecule has 2 amide bonds. The molecule has 0 atom stereocenters. The molecule has 1 aliphatic rings. The monoisotopic (exact) mass is 432 g/mol. The van der Waals surface area contributed by atoms with Gasteiger partial charge in [-0.25, -0.2) is 14.6 Å². The lowest BCUT2D eigenvalue weighted by atomic mass is 10.1. The molecule has 0 bridgehead atoms. The molecule has 0 aliphatic carbocycles. The summed E-state index contributed by atoms with van der Waals surface area (Å²) in [5, 5.41) is 5.18. The van der Waals surface area contributed by atoms with Crippen LogP contribution >= 0.6 is 15.9 Å². The van der Waals surface area contributed by atoms with Crippen LogP contribution in [0.3, 0.4) is 0 Å². The minimum absolute atomic E-state index is 0.302. The Hall–Kier alpha value is -3.32. The summed E-state index contributed by atoms with van der Waals surface area (Å²) in [7, 11) is 0. The first-order valence-corrected chi connectivity index (χ1v) is 9.43. The number of carbonyl (C=O) groups excluding carboxylic acids is 2. The molecule has 0 spiro atoms. The summed E-state index contributed by atoms with van der Waals surface area (Å²) in [6.07, 6.45) is 1.47. The van der Waals surface area contributed by atoms with E-state index in [1.165, 1.54) is 11.1 Å². The first-order chi connectivity index (χ1) is 13.6. The Morgan fingerprint density at radius 1 is 0.893 bits per heavy atom. The van der Waals surface area contributed by atoms with Crippen molar-refractivity contribution < 1.29 is 9.59 Å². The average Bonchev–Trinajstić information content (AvgIpc) is 3.18. The quantitative estimate of drug-likeness (QED) is 0.443. The van der Waals surface area contributed by atoms with Crippen molar-refractivity contribution in [3.05, 3.63) is 82.1 Å². The van der Waals surface area contributed by atoms with Gasteiger partial charge in [-0.05, 0) is 43.3 Å². The summed E-state index contributed by atoms with van der Waals surface area (Å²) in [5.74, 6) is -0.728. The van der Waals surface area contributed by atoms with Crippen molar-refractivity contribution in [2.75, 3.05) is 4.90 Å². The van der Waals surface area contributed by atoms with Crippen LogP contribution in [-0.2, 0) is 0 Å². The van der Waals surface area contributed by atoms with Crippen LogP contribution in [0.5, 0.6) is 0 Å². The Morgan fingerprint density at radius 2 is 1.61 bits per heavy atom. The molecule has 2 aromatic heterocycles. The normalized spacial score (nSPS) is 13.4. The van der Waals surface area contributed by atoms with E-state index in [1.54, 1.807) is 28.9 Å². The lowest BCUT2D eigenvalue weighted by Crippen LogP contribution is -2.29. The zero-order valence-electron chi connectivity index (χ0n) is 14.8. The van der Waals surface area contributed by atoms with Gasteiger partial charge >= 0.3 is 0 Å². The molecule has 1 aliphatic heterocycles. The molecule has 7 heteroatoms. The number of carbonyl (C=O) groups is 2. The third-order valence-electron chi connectivity index (χ3n) is 4.81. The summed E-state index contributed by atoms with van der Waals surface area (Å²) >= 11 is 3.37. The Morgan fingerprint density at radius 3 is 2.32 bits per heavy atom. The summed E-state index contributed by atoms with van der Waals surface area (Å²) in [6, 6.07) is 16.6. The maximum Gasteiger partial charge on any atom is 0.267 e. The van der Waals surface area contributed by atoms with E-state index >= 15 is 0 Å². The predicted molar refractivity (Wildman–Crippen MR) is 109 cm³/mol. The van der Waals surface area contributed by atoms with Gasteiger partial charge in [0.2, 0.25) is 0 Å². The number of anilines is 1. The molecule has 0 fully saturated rings. The van der Waals surface area contributed by atoms with Crippen molar-refractivity contribution in [3.8, 4) is 5.69 Å². The second-order valence-electron chi connectivity index (χ2n) is 6.50. The van der Waals surface area contributed by atoms with E-state index in [4.69, 9.17) is 0 Å². The van der Waals surface area contributed by atoms with Crippen LogP contribution in [0, 0.1) is 6.92 Å². The number of hydrogen-bond donors (Lipinski definition) is 0. The van der Waals surface area contributed by atoms with Crippen molar-refractivity contribution in [1.29, 1.82) is 0 Å². The van der Waals surface area contributed by atoms with Gasteiger partial charge in [-0.3, -0.25) is 9.59 Å². The SMILES string of the molecule is Cc1nn(-c2ccccc2)c2ncc3c(c12)C(=O)N(c1ccc(Br)cc1)C3=O. The molecule has 4 aromatic rings. The number of hydrogen-bond acceptors (Lipinski definition) is 4. The number of amides is 2. The van der Waals surface area contributed by atoms with E-state index in [1.807, 2.05) is 37.3 Å². The van der Waals surface area contributed by atoms with Gasteiger partial charge in [0, 0.05) is 10.7 Å². The third kappa shape index (κ3) is 2.33. The number of nitrogens with zero attached hydrogens (tertiary/aromatic N) is 4. The number of pyridine rings is 1. The van der Waals surface area contributed by atoms with E-state index in [2.05, 4.69) is 26.0 Å². The molecular weight excluding hydrogens is 420 g/mol. The Bertz CT molecular complexity index is 1260. The van der Waals surface area contributed by atoms with Gasteiger partial charge in [-0.2, -0.15) is 5.10 Å². The summed E-state index contributed by atoms with van der Waals surface area (Å²) < 4.78 is 2.57. The Kier molecular flexibility index (Phi) is 3.67. The highest BCUT2D eigenvalue weighted by Gasteiger charge is 2.39. The summed E-state index contributed by atoms with van der Waals surface area (Å²) in [5.41, 5.74) is 3.24. The number of benzene rings is 2. The molecule has 5 rings (SSSR count). The fraction of sp³-hybridized carbons (Fsp3) is 0.0476. The average molecular weight is 433 g/mol. The number of aryl methyl sites for hydroxylation is 1. The first-order valence-electron chi connectivity index (χ1n) is 8.64. The first kappa shape index (κ1) is 16.8. The topological polar surface area (TPSA) is 68.1 Å². The lowest BCUT2D eigenvalue weighted by molar-refractivity contribution is 0.0926. The highest BCUT2D eigenvalue weighted by Crippen LogP contribution is 2.34. The molecule has 136 valence electrons. The van der Waals surface area contributed by atoms with Gasteiger partial charge < -0.3 is 0 Å². The minimum Gasteiger partial charge on any atom is -0.268 e. The standard InChI is InChI=1S/C21H13BrN4O2/c1-12-17-18-16(11-23-19(17)26(24-12)15-5-3-2-4-6-15)20(27)25(21(18)28)14-9-7-13(22)8-10-14/h2-11H,1H3. The molecule has 0 radical (unpaired) electrons. The van der Waals surface area contributed by atoms with Crippen LogP contribution in [0.15, 0.2) is 65.3 Å². The zero-order chi connectivity index (χ0) is 19.4. The lowest BCUT2D eigenvalue weighted by Gasteiger charge is -2.13. The Labute approximate surface area is 168 Å². The molecule has 3 heterocycles. The molecular formula is C21H13BrN4O2. The molecule has 0 saturated heterocycles. The van der Waals surface area contributed by atoms with Crippen LogP contribution in [0.2, 0.25) is 0 Å². The van der Waals surface area contributed by atoms with Crippen LogP contribution in [0.1, 0.15) is 26.4 Å². The molecule has 0 saturated carbocycles. The molecule has 2 aromatic carbocycles. The second kappa shape index (κ2) is 6.10. The molecule has 28 heavy (non-hydrogen) atoms. The van der Waals surface area contributed by atoms with Gasteiger partial charge in [0.25, 0.3) is 11.8 Å². The van der Waals surface area contributed by atoms with Crippen molar-refractivity contribution in [2.24, 2.45) is 0 Å². The maximum atomic E-state index is 13.2. The number of imide groups is 1. The fourth-order valence-electron chi connectivity index (χ4n) is 3.53. The highest BCUT2D eigenvalue weighted by molar-refractivity contribution is 9.10.